The number of ether oxygens (including phenoxy) is 1. The second-order valence-electron chi connectivity index (χ2n) is 3.32. The molecule has 2 rings (SSSR count). The molecule has 0 fully saturated rings. The summed E-state index contributed by atoms with van der Waals surface area (Å²) in [5.74, 6) is -0.239. The van der Waals surface area contributed by atoms with Gasteiger partial charge in [0.2, 0.25) is 0 Å². The van der Waals surface area contributed by atoms with E-state index in [1.54, 1.807) is 37.1 Å². The van der Waals surface area contributed by atoms with Crippen molar-refractivity contribution in [2.75, 3.05) is 7.11 Å². The number of methoxy groups -OCH3 is 1. The van der Waals surface area contributed by atoms with Gasteiger partial charge in [0, 0.05) is 18.6 Å². The lowest BCUT2D eigenvalue weighted by Gasteiger charge is -2.03. The Kier molecular flexibility index (Phi) is 2.11. The van der Waals surface area contributed by atoms with Crippen molar-refractivity contribution in [3.63, 3.8) is 0 Å². The van der Waals surface area contributed by atoms with Crippen molar-refractivity contribution in [2.24, 2.45) is 7.05 Å². The molecule has 1 aromatic heterocycles. The van der Waals surface area contributed by atoms with Crippen LogP contribution >= 0.6 is 0 Å². The predicted molar refractivity (Wildman–Crippen MR) is 56.4 cm³/mol. The highest BCUT2D eigenvalue weighted by atomic mass is 16.5. The van der Waals surface area contributed by atoms with Gasteiger partial charge in [-0.2, -0.15) is 0 Å². The first-order valence-electron chi connectivity index (χ1n) is 4.50. The third-order valence-corrected chi connectivity index (χ3v) is 2.41. The van der Waals surface area contributed by atoms with Crippen LogP contribution in [0, 0.1) is 0 Å². The van der Waals surface area contributed by atoms with Gasteiger partial charge in [-0.1, -0.05) is 12.1 Å². The van der Waals surface area contributed by atoms with E-state index < -0.39 is 5.97 Å². The summed E-state index contributed by atoms with van der Waals surface area (Å²) >= 11 is 0. The number of hydrogen-bond acceptors (Lipinski definition) is 2. The summed E-state index contributed by atoms with van der Waals surface area (Å²) in [5.41, 5.74) is 1.10. The average Bonchev–Trinajstić information content (AvgIpc) is 2.56. The van der Waals surface area contributed by atoms with Crippen molar-refractivity contribution in [3.8, 4) is 5.75 Å². The van der Waals surface area contributed by atoms with Gasteiger partial charge in [-0.25, -0.2) is 4.79 Å². The lowest BCUT2D eigenvalue weighted by Crippen LogP contribution is -1.93. The number of carboxylic acids is 1. The topological polar surface area (TPSA) is 51.5 Å². The minimum Gasteiger partial charge on any atom is -0.495 e. The molecule has 0 saturated carbocycles. The van der Waals surface area contributed by atoms with Gasteiger partial charge in [0.15, 0.2) is 0 Å². The molecule has 0 unspecified atom stereocenters. The molecule has 15 heavy (non-hydrogen) atoms. The second kappa shape index (κ2) is 3.31. The molecule has 0 aliphatic rings. The number of para-hydroxylation sites is 1. The highest BCUT2D eigenvalue weighted by molar-refractivity contribution is 6.05. The summed E-state index contributed by atoms with van der Waals surface area (Å²) in [4.78, 5) is 11.0. The van der Waals surface area contributed by atoms with E-state index in [9.17, 15) is 4.79 Å². The van der Waals surface area contributed by atoms with Gasteiger partial charge in [-0.3, -0.25) is 0 Å². The third-order valence-electron chi connectivity index (χ3n) is 2.41. The largest absolute Gasteiger partial charge is 0.495 e. The van der Waals surface area contributed by atoms with Gasteiger partial charge in [-0.15, -0.1) is 0 Å². The molecule has 1 heterocycles. The van der Waals surface area contributed by atoms with E-state index in [2.05, 4.69) is 0 Å². The molecule has 0 amide bonds. The van der Waals surface area contributed by atoms with E-state index in [-0.39, 0.29) is 0 Å². The van der Waals surface area contributed by atoms with Crippen LogP contribution in [0.3, 0.4) is 0 Å². The minimum absolute atomic E-state index is 0.298. The molecular formula is C11H11NO3. The molecule has 0 aliphatic carbocycles. The van der Waals surface area contributed by atoms with Gasteiger partial charge in [0.1, 0.15) is 5.75 Å². The Labute approximate surface area is 86.7 Å². The van der Waals surface area contributed by atoms with E-state index >= 15 is 0 Å². The van der Waals surface area contributed by atoms with Crippen LogP contribution in [0.2, 0.25) is 0 Å². The van der Waals surface area contributed by atoms with Crippen molar-refractivity contribution in [1.82, 2.24) is 4.57 Å². The van der Waals surface area contributed by atoms with E-state index in [4.69, 9.17) is 9.84 Å². The fourth-order valence-corrected chi connectivity index (χ4v) is 1.77. The lowest BCUT2D eigenvalue weighted by molar-refractivity contribution is 0.0699. The van der Waals surface area contributed by atoms with E-state index in [0.29, 0.717) is 16.7 Å². The van der Waals surface area contributed by atoms with Crippen molar-refractivity contribution >= 4 is 16.9 Å². The van der Waals surface area contributed by atoms with Crippen LogP contribution in [0.25, 0.3) is 10.9 Å². The Morgan fingerprint density at radius 3 is 2.80 bits per heavy atom. The molecular weight excluding hydrogens is 194 g/mol. The number of aromatic carboxylic acids is 1. The summed E-state index contributed by atoms with van der Waals surface area (Å²) in [6, 6.07) is 5.38. The summed E-state index contributed by atoms with van der Waals surface area (Å²) in [7, 11) is 3.37. The fraction of sp³-hybridized carbons (Fsp3) is 0.182. The highest BCUT2D eigenvalue weighted by Crippen LogP contribution is 2.28. The van der Waals surface area contributed by atoms with Crippen LogP contribution in [0.1, 0.15) is 10.4 Å². The van der Waals surface area contributed by atoms with Crippen LogP contribution in [-0.4, -0.2) is 22.8 Å². The Hall–Kier alpha value is -1.97. The van der Waals surface area contributed by atoms with Crippen molar-refractivity contribution in [2.45, 2.75) is 0 Å². The first-order valence-corrected chi connectivity index (χ1v) is 4.50. The molecule has 2 aromatic rings. The highest BCUT2D eigenvalue weighted by Gasteiger charge is 2.14. The second-order valence-corrected chi connectivity index (χ2v) is 3.32. The molecule has 0 atom stereocenters. The number of carbonyl (C=O) groups is 1. The normalized spacial score (nSPS) is 10.5. The molecule has 1 aromatic carbocycles. The molecule has 0 bridgehead atoms. The number of carboxylic acid groups (broad SMARTS) is 1. The van der Waals surface area contributed by atoms with Crippen molar-refractivity contribution < 1.29 is 14.6 Å². The fourth-order valence-electron chi connectivity index (χ4n) is 1.77. The van der Waals surface area contributed by atoms with Gasteiger partial charge in [-0.05, 0) is 6.07 Å². The Morgan fingerprint density at radius 2 is 2.20 bits per heavy atom. The minimum atomic E-state index is -0.922. The molecule has 0 radical (unpaired) electrons. The zero-order valence-corrected chi connectivity index (χ0v) is 8.52. The van der Waals surface area contributed by atoms with Crippen molar-refractivity contribution in [1.29, 1.82) is 0 Å². The molecule has 4 nitrogen and oxygen atoms in total. The number of benzene rings is 1. The first-order chi connectivity index (χ1) is 7.15. The number of hydrogen-bond donors (Lipinski definition) is 1. The van der Waals surface area contributed by atoms with E-state index in [1.807, 2.05) is 6.07 Å². The molecule has 0 saturated heterocycles. The monoisotopic (exact) mass is 205 g/mol. The Balaban J connectivity index is 2.85. The van der Waals surface area contributed by atoms with Gasteiger partial charge in [0.05, 0.1) is 18.2 Å². The zero-order valence-electron chi connectivity index (χ0n) is 8.52. The van der Waals surface area contributed by atoms with Crippen LogP contribution in [0.4, 0.5) is 0 Å². The van der Waals surface area contributed by atoms with E-state index in [1.165, 1.54) is 0 Å². The Morgan fingerprint density at radius 1 is 1.47 bits per heavy atom. The lowest BCUT2D eigenvalue weighted by atomic mass is 10.1. The molecule has 4 heteroatoms. The van der Waals surface area contributed by atoms with Gasteiger partial charge >= 0.3 is 5.97 Å². The number of fused-ring (bicyclic) bond motifs is 1. The standard InChI is InChI=1S/C11H11NO3/c1-12-6-8(11(13)14)7-4-3-5-9(15-2)10(7)12/h3-6H,1-2H3,(H,13,14). The maximum Gasteiger partial charge on any atom is 0.337 e. The number of aromatic nitrogens is 1. The van der Waals surface area contributed by atoms with Crippen molar-refractivity contribution in [3.05, 3.63) is 30.0 Å². The average molecular weight is 205 g/mol. The van der Waals surface area contributed by atoms with Crippen LogP contribution < -0.4 is 4.74 Å². The SMILES string of the molecule is COc1cccc2c(C(=O)O)cn(C)c12. The van der Waals surface area contributed by atoms with Crippen LogP contribution in [0.5, 0.6) is 5.75 Å². The number of aryl methyl sites for hydroxylation is 1. The zero-order chi connectivity index (χ0) is 11.0. The summed E-state index contributed by atoms with van der Waals surface area (Å²) in [5, 5.41) is 9.70. The smallest absolute Gasteiger partial charge is 0.337 e. The number of rotatable bonds is 2. The predicted octanol–water partition coefficient (Wildman–Crippen LogP) is 1.89. The summed E-state index contributed by atoms with van der Waals surface area (Å²) in [6.45, 7) is 0. The summed E-state index contributed by atoms with van der Waals surface area (Å²) in [6.07, 6.45) is 1.59. The molecule has 78 valence electrons. The van der Waals surface area contributed by atoms with Gasteiger partial charge < -0.3 is 14.4 Å². The quantitative estimate of drug-likeness (QED) is 0.814. The molecule has 0 aliphatic heterocycles. The number of nitrogens with zero attached hydrogens (tertiary/aromatic N) is 1. The summed E-state index contributed by atoms with van der Waals surface area (Å²) < 4.78 is 6.95. The Bertz CT molecular complexity index is 528. The van der Waals surface area contributed by atoms with Gasteiger partial charge in [0.25, 0.3) is 0 Å². The molecule has 0 spiro atoms. The maximum atomic E-state index is 11.0. The van der Waals surface area contributed by atoms with Crippen LogP contribution in [-0.2, 0) is 7.05 Å². The maximum absolute atomic E-state index is 11.0. The van der Waals surface area contributed by atoms with Crippen LogP contribution in [0.15, 0.2) is 24.4 Å². The third kappa shape index (κ3) is 1.34. The van der Waals surface area contributed by atoms with E-state index in [0.717, 1.165) is 5.52 Å². The molecule has 1 N–H and O–H groups in total. The first kappa shape index (κ1) is 9.58.